The van der Waals surface area contributed by atoms with E-state index in [9.17, 15) is 4.79 Å². The maximum absolute atomic E-state index is 12.3. The summed E-state index contributed by atoms with van der Waals surface area (Å²) in [7, 11) is 1.54. The molecular weight excluding hydrogens is 252 g/mol. The average molecular weight is 270 g/mol. The lowest BCUT2D eigenvalue weighted by Crippen LogP contribution is -2.13. The smallest absolute Gasteiger partial charge is 0.255 e. The minimum Gasteiger partial charge on any atom is -0.494 e. The molecule has 0 heterocycles. The number of carbonyl (C=O) groups is 1. The van der Waals surface area contributed by atoms with E-state index >= 15 is 0 Å². The number of nitrogen functional groups attached to an aromatic ring is 1. The Morgan fingerprint density at radius 2 is 1.75 bits per heavy atom. The molecular formula is C16H18N2O2. The Bertz CT molecular complexity index is 631. The van der Waals surface area contributed by atoms with Crippen LogP contribution >= 0.6 is 0 Å². The molecule has 104 valence electrons. The number of anilines is 2. The molecule has 4 nitrogen and oxygen atoms in total. The summed E-state index contributed by atoms with van der Waals surface area (Å²) in [6, 6.07) is 10.9. The van der Waals surface area contributed by atoms with Crippen LogP contribution in [-0.4, -0.2) is 13.0 Å². The van der Waals surface area contributed by atoms with Gasteiger partial charge in [0.25, 0.3) is 5.91 Å². The van der Waals surface area contributed by atoms with Gasteiger partial charge >= 0.3 is 0 Å². The fourth-order valence-electron chi connectivity index (χ4n) is 2.11. The van der Waals surface area contributed by atoms with Gasteiger partial charge in [0.1, 0.15) is 5.75 Å². The summed E-state index contributed by atoms with van der Waals surface area (Å²) < 4.78 is 5.22. The third-order valence-electron chi connectivity index (χ3n) is 2.96. The zero-order valence-corrected chi connectivity index (χ0v) is 11.9. The molecule has 0 atom stereocenters. The Balaban J connectivity index is 2.27. The Labute approximate surface area is 118 Å². The Hall–Kier alpha value is -2.49. The lowest BCUT2D eigenvalue weighted by molar-refractivity contribution is 0.102. The molecule has 20 heavy (non-hydrogen) atoms. The van der Waals surface area contributed by atoms with Gasteiger partial charge in [0.15, 0.2) is 0 Å². The number of nitrogens with two attached hydrogens (primary N) is 1. The van der Waals surface area contributed by atoms with Crippen LogP contribution in [-0.2, 0) is 0 Å². The molecule has 3 N–H and O–H groups in total. The van der Waals surface area contributed by atoms with Gasteiger partial charge in [0.05, 0.1) is 12.8 Å². The fraction of sp³-hybridized carbons (Fsp3) is 0.188. The number of aryl methyl sites for hydroxylation is 2. The molecule has 0 saturated heterocycles. The van der Waals surface area contributed by atoms with Gasteiger partial charge in [0, 0.05) is 17.3 Å². The first kappa shape index (κ1) is 13.9. The quantitative estimate of drug-likeness (QED) is 0.842. The van der Waals surface area contributed by atoms with E-state index in [0.29, 0.717) is 22.7 Å². The van der Waals surface area contributed by atoms with Crippen molar-refractivity contribution in [3.05, 3.63) is 53.1 Å². The van der Waals surface area contributed by atoms with Crippen molar-refractivity contribution in [3.8, 4) is 5.75 Å². The van der Waals surface area contributed by atoms with Crippen LogP contribution in [0.5, 0.6) is 5.75 Å². The largest absolute Gasteiger partial charge is 0.494 e. The van der Waals surface area contributed by atoms with Crippen LogP contribution in [0.2, 0.25) is 0 Å². The summed E-state index contributed by atoms with van der Waals surface area (Å²) in [4.78, 5) is 12.3. The predicted octanol–water partition coefficient (Wildman–Crippen LogP) is 3.15. The van der Waals surface area contributed by atoms with Gasteiger partial charge in [-0.2, -0.15) is 0 Å². The number of carbonyl (C=O) groups excluding carboxylic acids is 1. The molecule has 2 aromatic carbocycles. The molecule has 2 rings (SSSR count). The van der Waals surface area contributed by atoms with Gasteiger partial charge in [0.2, 0.25) is 0 Å². The summed E-state index contributed by atoms with van der Waals surface area (Å²) >= 11 is 0. The fourth-order valence-corrected chi connectivity index (χ4v) is 2.11. The van der Waals surface area contributed by atoms with Crippen LogP contribution in [0.4, 0.5) is 11.4 Å². The molecule has 0 fully saturated rings. The number of rotatable bonds is 3. The van der Waals surface area contributed by atoms with E-state index in [1.807, 2.05) is 32.0 Å². The lowest BCUT2D eigenvalue weighted by Gasteiger charge is -2.11. The van der Waals surface area contributed by atoms with Crippen molar-refractivity contribution in [2.75, 3.05) is 18.2 Å². The third kappa shape index (κ3) is 3.09. The number of hydrogen-bond acceptors (Lipinski definition) is 3. The minimum atomic E-state index is -0.167. The number of nitrogens with one attached hydrogen (secondary N) is 1. The number of amides is 1. The van der Waals surface area contributed by atoms with Crippen molar-refractivity contribution >= 4 is 17.3 Å². The van der Waals surface area contributed by atoms with Gasteiger partial charge in [-0.25, -0.2) is 0 Å². The minimum absolute atomic E-state index is 0.167. The molecule has 4 heteroatoms. The van der Waals surface area contributed by atoms with E-state index in [1.54, 1.807) is 25.3 Å². The van der Waals surface area contributed by atoms with Crippen LogP contribution < -0.4 is 15.8 Å². The second-order valence-electron chi connectivity index (χ2n) is 4.79. The van der Waals surface area contributed by atoms with Gasteiger partial charge in [-0.3, -0.25) is 4.79 Å². The zero-order valence-electron chi connectivity index (χ0n) is 11.9. The highest BCUT2D eigenvalue weighted by atomic mass is 16.5. The number of hydrogen-bond donors (Lipinski definition) is 2. The number of benzene rings is 2. The maximum Gasteiger partial charge on any atom is 0.255 e. The Kier molecular flexibility index (Phi) is 3.94. The van der Waals surface area contributed by atoms with E-state index in [-0.39, 0.29) is 5.91 Å². The molecule has 0 aromatic heterocycles. The number of methoxy groups -OCH3 is 1. The van der Waals surface area contributed by atoms with E-state index in [2.05, 4.69) is 5.32 Å². The molecule has 0 spiro atoms. The molecule has 0 aliphatic carbocycles. The summed E-state index contributed by atoms with van der Waals surface area (Å²) in [5.74, 6) is 0.377. The van der Waals surface area contributed by atoms with Crippen molar-refractivity contribution in [1.29, 1.82) is 0 Å². The van der Waals surface area contributed by atoms with Gasteiger partial charge in [-0.15, -0.1) is 0 Å². The molecule has 0 saturated carbocycles. The first-order valence-corrected chi connectivity index (χ1v) is 6.33. The summed E-state index contributed by atoms with van der Waals surface area (Å²) in [5.41, 5.74) is 9.62. The monoisotopic (exact) mass is 270 g/mol. The van der Waals surface area contributed by atoms with Crippen molar-refractivity contribution < 1.29 is 9.53 Å². The molecule has 0 aliphatic rings. The van der Waals surface area contributed by atoms with Crippen molar-refractivity contribution in [3.63, 3.8) is 0 Å². The highest BCUT2D eigenvalue weighted by Crippen LogP contribution is 2.27. The second kappa shape index (κ2) is 5.65. The standard InChI is InChI=1S/C16H18N2O2/c1-10-6-11(2)8-12(7-10)16(19)18-14-5-4-13(17)9-15(14)20-3/h4-9H,17H2,1-3H3,(H,18,19). The van der Waals surface area contributed by atoms with Gasteiger partial charge in [-0.05, 0) is 38.1 Å². The summed E-state index contributed by atoms with van der Waals surface area (Å²) in [6.07, 6.45) is 0. The first-order valence-electron chi connectivity index (χ1n) is 6.33. The normalized spacial score (nSPS) is 10.2. The second-order valence-corrected chi connectivity index (χ2v) is 4.79. The topological polar surface area (TPSA) is 64.3 Å². The lowest BCUT2D eigenvalue weighted by atomic mass is 10.1. The maximum atomic E-state index is 12.3. The zero-order chi connectivity index (χ0) is 14.7. The van der Waals surface area contributed by atoms with Crippen LogP contribution in [0.1, 0.15) is 21.5 Å². The molecule has 2 aromatic rings. The van der Waals surface area contributed by atoms with Crippen LogP contribution in [0.25, 0.3) is 0 Å². The summed E-state index contributed by atoms with van der Waals surface area (Å²) in [6.45, 7) is 3.93. The molecule has 0 bridgehead atoms. The highest BCUT2D eigenvalue weighted by molar-refractivity contribution is 6.05. The molecule has 0 unspecified atom stereocenters. The van der Waals surface area contributed by atoms with Crippen molar-refractivity contribution in [2.24, 2.45) is 0 Å². The SMILES string of the molecule is COc1cc(N)ccc1NC(=O)c1cc(C)cc(C)c1. The van der Waals surface area contributed by atoms with E-state index in [1.165, 1.54) is 0 Å². The Morgan fingerprint density at radius 3 is 2.35 bits per heavy atom. The van der Waals surface area contributed by atoms with Crippen LogP contribution in [0, 0.1) is 13.8 Å². The van der Waals surface area contributed by atoms with Crippen LogP contribution in [0.3, 0.4) is 0 Å². The Morgan fingerprint density at radius 1 is 1.10 bits per heavy atom. The predicted molar refractivity (Wildman–Crippen MR) is 81.3 cm³/mol. The molecule has 0 aliphatic heterocycles. The molecule has 1 amide bonds. The average Bonchev–Trinajstić information content (AvgIpc) is 2.39. The first-order chi connectivity index (χ1) is 9.49. The van der Waals surface area contributed by atoms with Crippen molar-refractivity contribution in [2.45, 2.75) is 13.8 Å². The van der Waals surface area contributed by atoms with Gasteiger partial charge < -0.3 is 15.8 Å². The molecule has 0 radical (unpaired) electrons. The highest BCUT2D eigenvalue weighted by Gasteiger charge is 2.10. The van der Waals surface area contributed by atoms with Gasteiger partial charge in [-0.1, -0.05) is 17.2 Å². The van der Waals surface area contributed by atoms with Crippen molar-refractivity contribution in [1.82, 2.24) is 0 Å². The number of ether oxygens (including phenoxy) is 1. The third-order valence-corrected chi connectivity index (χ3v) is 2.96. The van der Waals surface area contributed by atoms with E-state index < -0.39 is 0 Å². The summed E-state index contributed by atoms with van der Waals surface area (Å²) in [5, 5.41) is 2.84. The van der Waals surface area contributed by atoms with E-state index in [0.717, 1.165) is 11.1 Å². The van der Waals surface area contributed by atoms with Crippen LogP contribution in [0.15, 0.2) is 36.4 Å². The van der Waals surface area contributed by atoms with E-state index in [4.69, 9.17) is 10.5 Å².